The van der Waals surface area contributed by atoms with Gasteiger partial charge in [0.2, 0.25) is 0 Å². The number of carbonyl (C=O) groups is 2. The number of carboxylic acids is 2. The molecule has 0 saturated carbocycles. The van der Waals surface area contributed by atoms with E-state index in [2.05, 4.69) is 0 Å². The van der Waals surface area contributed by atoms with Crippen molar-refractivity contribution in [2.75, 3.05) is 0 Å². The molecule has 0 radical (unpaired) electrons. The maximum absolute atomic E-state index is 10.2. The summed E-state index contributed by atoms with van der Waals surface area (Å²) < 4.78 is 7.12. The molecule has 0 aliphatic carbocycles. The van der Waals surface area contributed by atoms with Gasteiger partial charge in [-0.15, -0.1) is 0 Å². The molecule has 0 atom stereocenters. The summed E-state index contributed by atoms with van der Waals surface area (Å²) in [6.45, 7) is 0. The molecule has 0 heterocycles. The zero-order valence-corrected chi connectivity index (χ0v) is 10.1. The van der Waals surface area contributed by atoms with Crippen molar-refractivity contribution in [1.82, 2.24) is 0 Å². The first-order valence-electron chi connectivity index (χ1n) is 3.45. The summed E-state index contributed by atoms with van der Waals surface area (Å²) in [5.41, 5.74) is -0.111. The molecular weight excluding hydrogens is 241 g/mol. The molecule has 0 aliphatic heterocycles. The molecule has 0 aromatic heterocycles. The van der Waals surface area contributed by atoms with Crippen LogP contribution in [0.3, 0.4) is 0 Å². The Bertz CT molecular complexity index is 286. The third-order valence-corrected chi connectivity index (χ3v) is 1.36. The Kier molecular flexibility index (Phi) is 5.68. The van der Waals surface area contributed by atoms with E-state index in [9.17, 15) is 19.8 Å². The van der Waals surface area contributed by atoms with Crippen LogP contribution in [0.2, 0.25) is 0 Å². The summed E-state index contributed by atoms with van der Waals surface area (Å²) in [5, 5.41) is 20.4. The summed E-state index contributed by atoms with van der Waals surface area (Å²) in [5.74, 6) is -2.67. The zero-order chi connectivity index (χ0) is 11.1. The average molecular weight is 247 g/mol. The third-order valence-electron chi connectivity index (χ3n) is 1.36. The van der Waals surface area contributed by atoms with E-state index in [0.29, 0.717) is 18.7 Å². The first kappa shape index (κ1) is 12.7. The van der Waals surface area contributed by atoms with Crippen LogP contribution in [0.1, 0.15) is 20.7 Å². The number of carbonyl (C=O) groups excluding carboxylic acids is 2. The van der Waals surface area contributed by atoms with Gasteiger partial charge < -0.3 is 19.8 Å². The Morgan fingerprint density at radius 2 is 1.14 bits per heavy atom. The molecule has 5 nitrogen and oxygen atoms in total. The van der Waals surface area contributed by atoms with Crippen molar-refractivity contribution in [3.8, 4) is 0 Å². The van der Waals surface area contributed by atoms with Gasteiger partial charge in [0.15, 0.2) is 0 Å². The Balaban J connectivity index is 0.000000791. The molecule has 1 rings (SSSR count). The molecule has 0 unspecified atom stereocenters. The third kappa shape index (κ3) is 3.64. The predicted molar refractivity (Wildman–Crippen MR) is 37.3 cm³/mol. The standard InChI is InChI=1S/C8H6O4.H2O.Zn/c9-7(10)5-1-2-6(4-3-5)8(11)12;;/h1-4H,(H,9,10)(H,11,12);1H2;/q;;+3/p-3. The second kappa shape index (κ2) is 6.24. The number of carboxylic acid groups (broad SMARTS) is 2. The summed E-state index contributed by atoms with van der Waals surface area (Å²) >= 11 is 0.375. The van der Waals surface area contributed by atoms with Crippen molar-refractivity contribution < 1.29 is 42.4 Å². The van der Waals surface area contributed by atoms with E-state index in [1.54, 1.807) is 0 Å². The van der Waals surface area contributed by atoms with Gasteiger partial charge in [-0.2, -0.15) is 0 Å². The molecule has 0 fully saturated rings. The fourth-order valence-corrected chi connectivity index (χ4v) is 0.742. The van der Waals surface area contributed by atoms with Crippen LogP contribution in [0.15, 0.2) is 24.3 Å². The fourth-order valence-electron chi connectivity index (χ4n) is 0.742. The molecule has 1 aromatic rings. The monoisotopic (exact) mass is 245 g/mol. The Labute approximate surface area is 90.1 Å². The van der Waals surface area contributed by atoms with E-state index in [1.165, 1.54) is 0 Å². The normalized spacial score (nSPS) is 8.50. The van der Waals surface area contributed by atoms with E-state index in [1.807, 2.05) is 0 Å². The number of hydrogen-bond acceptors (Lipinski definition) is 5. The van der Waals surface area contributed by atoms with Crippen molar-refractivity contribution >= 4 is 11.9 Å². The van der Waals surface area contributed by atoms with Gasteiger partial charge in [0, 0.05) is 0 Å². The van der Waals surface area contributed by atoms with E-state index >= 15 is 0 Å². The van der Waals surface area contributed by atoms with Crippen LogP contribution in [-0.2, 0) is 18.7 Å². The van der Waals surface area contributed by atoms with Crippen molar-refractivity contribution in [1.29, 1.82) is 0 Å². The maximum atomic E-state index is 10.2. The molecule has 0 saturated heterocycles. The quantitative estimate of drug-likeness (QED) is 0.600. The number of benzene rings is 1. The van der Waals surface area contributed by atoms with Gasteiger partial charge in [-0.1, -0.05) is 24.3 Å². The molecule has 1 N–H and O–H groups in total. The Morgan fingerprint density at radius 3 is 1.29 bits per heavy atom. The molecule has 0 aliphatic rings. The Morgan fingerprint density at radius 1 is 0.929 bits per heavy atom. The SMILES string of the molecule is O=C([O-])c1ccc(C(=O)[O-])cc1.[OH][Zn+2]. The number of aromatic carboxylic acids is 2. The summed E-state index contributed by atoms with van der Waals surface area (Å²) in [6.07, 6.45) is 0. The van der Waals surface area contributed by atoms with E-state index in [4.69, 9.17) is 3.93 Å². The van der Waals surface area contributed by atoms with Crippen LogP contribution in [0.4, 0.5) is 0 Å². The van der Waals surface area contributed by atoms with Crippen molar-refractivity contribution in [2.24, 2.45) is 0 Å². The first-order valence-corrected chi connectivity index (χ1v) is 4.78. The molecule has 0 bridgehead atoms. The fraction of sp³-hybridized carbons (Fsp3) is 0. The second-order valence-electron chi connectivity index (χ2n) is 2.15. The average Bonchev–Trinajstić information content (AvgIpc) is 2.21. The zero-order valence-electron chi connectivity index (χ0n) is 7.10. The minimum absolute atomic E-state index is 0.0556. The van der Waals surface area contributed by atoms with Crippen LogP contribution in [-0.4, -0.2) is 15.9 Å². The van der Waals surface area contributed by atoms with E-state index in [0.717, 1.165) is 24.3 Å². The van der Waals surface area contributed by atoms with E-state index < -0.39 is 11.9 Å². The van der Waals surface area contributed by atoms with Gasteiger partial charge in [-0.3, -0.25) is 0 Å². The van der Waals surface area contributed by atoms with Crippen LogP contribution in [0, 0.1) is 0 Å². The topological polar surface area (TPSA) is 100 Å². The van der Waals surface area contributed by atoms with Gasteiger partial charge in [0.05, 0.1) is 11.9 Å². The van der Waals surface area contributed by atoms with Crippen molar-refractivity contribution in [3.63, 3.8) is 0 Å². The van der Waals surface area contributed by atoms with Crippen molar-refractivity contribution in [3.05, 3.63) is 35.4 Å². The van der Waals surface area contributed by atoms with Gasteiger partial charge in [0.25, 0.3) is 0 Å². The number of hydrogen-bond donors (Lipinski definition) is 1. The molecule has 6 heteroatoms. The molecule has 14 heavy (non-hydrogen) atoms. The predicted octanol–water partition coefficient (Wildman–Crippen LogP) is -2.15. The van der Waals surface area contributed by atoms with Gasteiger partial charge >= 0.3 is 22.6 Å². The molecule has 0 amide bonds. The van der Waals surface area contributed by atoms with Crippen molar-refractivity contribution in [2.45, 2.75) is 0 Å². The molecular formula is C8H5O5Zn. The molecule has 69 valence electrons. The second-order valence-corrected chi connectivity index (χ2v) is 2.15. The van der Waals surface area contributed by atoms with Crippen LogP contribution >= 0.6 is 0 Å². The van der Waals surface area contributed by atoms with Gasteiger partial charge in [-0.05, 0) is 11.1 Å². The first-order chi connectivity index (χ1) is 6.61. The van der Waals surface area contributed by atoms with Crippen LogP contribution in [0.25, 0.3) is 0 Å². The van der Waals surface area contributed by atoms with Crippen LogP contribution in [0.5, 0.6) is 0 Å². The summed E-state index contributed by atoms with van der Waals surface area (Å²) in [7, 11) is 0. The summed E-state index contributed by atoms with van der Waals surface area (Å²) in [4.78, 5) is 20.4. The van der Waals surface area contributed by atoms with Gasteiger partial charge in [-0.25, -0.2) is 0 Å². The number of rotatable bonds is 2. The molecule has 1 aromatic carbocycles. The minimum atomic E-state index is -1.33. The Hall–Kier alpha value is -1.26. The van der Waals surface area contributed by atoms with E-state index in [-0.39, 0.29) is 11.1 Å². The summed E-state index contributed by atoms with van der Waals surface area (Å²) in [6, 6.07) is 4.61. The molecule has 0 spiro atoms. The van der Waals surface area contributed by atoms with Crippen LogP contribution < -0.4 is 10.2 Å². The van der Waals surface area contributed by atoms with Gasteiger partial charge in [0.1, 0.15) is 0 Å².